The van der Waals surface area contributed by atoms with Gasteiger partial charge in [-0.05, 0) is 19.1 Å². The summed E-state index contributed by atoms with van der Waals surface area (Å²) in [5.41, 5.74) is 3.11. The van der Waals surface area contributed by atoms with E-state index in [0.29, 0.717) is 11.1 Å². The van der Waals surface area contributed by atoms with Crippen LogP contribution in [0.15, 0.2) is 53.3 Å². The van der Waals surface area contributed by atoms with Crippen LogP contribution in [-0.2, 0) is 0 Å². The number of hydrogen-bond acceptors (Lipinski definition) is 2. The summed E-state index contributed by atoms with van der Waals surface area (Å²) in [5, 5.41) is 7.79. The molecule has 0 aliphatic heterocycles. The van der Waals surface area contributed by atoms with Gasteiger partial charge in [0.15, 0.2) is 0 Å². The molecule has 0 atom stereocenters. The lowest BCUT2D eigenvalue weighted by Gasteiger charge is -2.03. The maximum Gasteiger partial charge on any atom is 0.215 e. The van der Waals surface area contributed by atoms with Gasteiger partial charge in [-0.3, -0.25) is 9.89 Å². The maximum atomic E-state index is 12.4. The van der Waals surface area contributed by atoms with Crippen LogP contribution >= 0.6 is 0 Å². The fourth-order valence-corrected chi connectivity index (χ4v) is 2.03. The Balaban J connectivity index is 2.33. The highest BCUT2D eigenvalue weighted by atomic mass is 16.1. The lowest BCUT2D eigenvalue weighted by atomic mass is 10.1. The van der Waals surface area contributed by atoms with E-state index in [-0.39, 0.29) is 5.43 Å². The Morgan fingerprint density at radius 3 is 2.61 bits per heavy atom. The number of nitrogens with one attached hydrogen (secondary N) is 1. The molecular weight excluding hydrogens is 224 g/mol. The molecule has 0 spiro atoms. The molecule has 88 valence electrons. The van der Waals surface area contributed by atoms with E-state index in [4.69, 9.17) is 0 Å². The number of H-pyrrole nitrogens is 1. The second-order valence-electron chi connectivity index (χ2n) is 4.32. The third-order valence-corrected chi connectivity index (χ3v) is 2.97. The highest BCUT2D eigenvalue weighted by molar-refractivity contribution is 5.82. The number of fused-ring (bicyclic) bond motifs is 1. The van der Waals surface area contributed by atoms with Crippen LogP contribution in [0.3, 0.4) is 0 Å². The zero-order valence-corrected chi connectivity index (χ0v) is 9.97. The molecule has 18 heavy (non-hydrogen) atoms. The van der Waals surface area contributed by atoms with Crippen LogP contribution in [0.25, 0.3) is 22.2 Å². The van der Waals surface area contributed by atoms with Gasteiger partial charge in [-0.25, -0.2) is 0 Å². The molecule has 3 nitrogen and oxygen atoms in total. The first-order chi connectivity index (χ1) is 8.75. The summed E-state index contributed by atoms with van der Waals surface area (Å²) in [6.45, 7) is 1.97. The van der Waals surface area contributed by atoms with Gasteiger partial charge in [0.2, 0.25) is 5.43 Å². The highest BCUT2D eigenvalue weighted by Crippen LogP contribution is 2.15. The van der Waals surface area contributed by atoms with Gasteiger partial charge >= 0.3 is 0 Å². The molecule has 0 fully saturated rings. The minimum Gasteiger partial charge on any atom is -0.287 e. The lowest BCUT2D eigenvalue weighted by Crippen LogP contribution is -2.09. The van der Waals surface area contributed by atoms with E-state index in [1.54, 1.807) is 0 Å². The first kappa shape index (κ1) is 10.7. The number of hydrogen-bond donors (Lipinski definition) is 1. The van der Waals surface area contributed by atoms with Crippen LogP contribution < -0.4 is 5.43 Å². The summed E-state index contributed by atoms with van der Waals surface area (Å²) in [5.74, 6) is 0. The van der Waals surface area contributed by atoms with E-state index < -0.39 is 0 Å². The van der Waals surface area contributed by atoms with Crippen molar-refractivity contribution in [1.82, 2.24) is 10.2 Å². The predicted molar refractivity (Wildman–Crippen MR) is 72.5 cm³/mol. The number of rotatable bonds is 1. The Kier molecular flexibility index (Phi) is 2.45. The Labute approximate surface area is 104 Å². The molecule has 0 bridgehead atoms. The van der Waals surface area contributed by atoms with Gasteiger partial charge in [-0.15, -0.1) is 0 Å². The van der Waals surface area contributed by atoms with Crippen molar-refractivity contribution >= 4 is 10.9 Å². The number of aromatic amines is 1. The monoisotopic (exact) mass is 236 g/mol. The minimum atomic E-state index is -0.0290. The molecule has 0 aliphatic carbocycles. The summed E-state index contributed by atoms with van der Waals surface area (Å²) in [4.78, 5) is 12.4. The van der Waals surface area contributed by atoms with Gasteiger partial charge in [-0.2, -0.15) is 5.10 Å². The topological polar surface area (TPSA) is 45.8 Å². The quantitative estimate of drug-likeness (QED) is 0.706. The zero-order valence-electron chi connectivity index (χ0n) is 9.97. The van der Waals surface area contributed by atoms with Gasteiger partial charge in [0.05, 0.1) is 5.52 Å². The first-order valence-electron chi connectivity index (χ1n) is 5.80. The standard InChI is InChI=1S/C15H12N2O/c1-10-7-8-13-12(9-10)15(18)14(17-16-13)11-5-3-2-4-6-11/h2-9H,1H3,(H,16,18). The number of benzene rings is 2. The Hall–Kier alpha value is -2.42. The van der Waals surface area contributed by atoms with Crippen molar-refractivity contribution in [3.63, 3.8) is 0 Å². The van der Waals surface area contributed by atoms with Crippen molar-refractivity contribution < 1.29 is 0 Å². The van der Waals surface area contributed by atoms with E-state index in [9.17, 15) is 4.79 Å². The summed E-state index contributed by atoms with van der Waals surface area (Å²) in [6.07, 6.45) is 0. The van der Waals surface area contributed by atoms with E-state index in [0.717, 1.165) is 16.6 Å². The van der Waals surface area contributed by atoms with Crippen molar-refractivity contribution in [2.75, 3.05) is 0 Å². The number of aromatic nitrogens is 2. The molecule has 0 aliphatic rings. The molecule has 3 heteroatoms. The second-order valence-corrected chi connectivity index (χ2v) is 4.32. The maximum absolute atomic E-state index is 12.4. The lowest BCUT2D eigenvalue weighted by molar-refractivity contribution is 1.07. The molecule has 0 saturated carbocycles. The van der Waals surface area contributed by atoms with Gasteiger partial charge < -0.3 is 0 Å². The predicted octanol–water partition coefficient (Wildman–Crippen LogP) is 2.90. The van der Waals surface area contributed by atoms with E-state index in [1.807, 2.05) is 55.5 Å². The van der Waals surface area contributed by atoms with Crippen LogP contribution in [0.1, 0.15) is 5.56 Å². The molecule has 1 aromatic heterocycles. The minimum absolute atomic E-state index is 0.0290. The molecule has 2 aromatic carbocycles. The number of aryl methyl sites for hydroxylation is 1. The van der Waals surface area contributed by atoms with E-state index >= 15 is 0 Å². The Morgan fingerprint density at radius 1 is 1.06 bits per heavy atom. The van der Waals surface area contributed by atoms with Crippen molar-refractivity contribution in [2.45, 2.75) is 6.92 Å². The van der Waals surface area contributed by atoms with Crippen LogP contribution in [0.2, 0.25) is 0 Å². The second kappa shape index (κ2) is 4.11. The molecule has 3 rings (SSSR count). The molecule has 0 unspecified atom stereocenters. The fraction of sp³-hybridized carbons (Fsp3) is 0.0667. The molecular formula is C15H12N2O. The van der Waals surface area contributed by atoms with Crippen molar-refractivity contribution in [3.05, 3.63) is 64.3 Å². The first-order valence-corrected chi connectivity index (χ1v) is 5.80. The van der Waals surface area contributed by atoms with Crippen LogP contribution in [0, 0.1) is 6.92 Å². The van der Waals surface area contributed by atoms with Crippen molar-refractivity contribution in [1.29, 1.82) is 0 Å². The zero-order chi connectivity index (χ0) is 12.5. The normalized spacial score (nSPS) is 10.7. The van der Waals surface area contributed by atoms with Crippen LogP contribution in [-0.4, -0.2) is 10.2 Å². The van der Waals surface area contributed by atoms with Crippen molar-refractivity contribution in [2.24, 2.45) is 0 Å². The summed E-state index contributed by atoms with van der Waals surface area (Å²) >= 11 is 0. The van der Waals surface area contributed by atoms with Gasteiger partial charge in [-0.1, -0.05) is 42.0 Å². The Bertz CT molecular complexity index is 760. The summed E-state index contributed by atoms with van der Waals surface area (Å²) < 4.78 is 0. The average Bonchev–Trinajstić information content (AvgIpc) is 2.41. The molecule has 1 heterocycles. The average molecular weight is 236 g/mol. The van der Waals surface area contributed by atoms with Gasteiger partial charge in [0, 0.05) is 10.9 Å². The van der Waals surface area contributed by atoms with E-state index in [1.165, 1.54) is 0 Å². The largest absolute Gasteiger partial charge is 0.287 e. The number of nitrogens with zero attached hydrogens (tertiary/aromatic N) is 1. The SMILES string of the molecule is Cc1ccc2[nH]nc(-c3ccccc3)c(=O)c2c1. The molecule has 0 amide bonds. The van der Waals surface area contributed by atoms with Gasteiger partial charge in [0.1, 0.15) is 5.69 Å². The molecule has 1 N–H and O–H groups in total. The third kappa shape index (κ3) is 1.70. The van der Waals surface area contributed by atoms with Gasteiger partial charge in [0.25, 0.3) is 0 Å². The molecule has 3 aromatic rings. The van der Waals surface area contributed by atoms with Crippen LogP contribution in [0.4, 0.5) is 0 Å². The fourth-order valence-electron chi connectivity index (χ4n) is 2.03. The summed E-state index contributed by atoms with van der Waals surface area (Å²) in [6, 6.07) is 15.2. The Morgan fingerprint density at radius 2 is 1.83 bits per heavy atom. The van der Waals surface area contributed by atoms with Crippen LogP contribution in [0.5, 0.6) is 0 Å². The summed E-state index contributed by atoms with van der Waals surface area (Å²) in [7, 11) is 0. The smallest absolute Gasteiger partial charge is 0.215 e. The third-order valence-electron chi connectivity index (χ3n) is 2.97. The highest BCUT2D eigenvalue weighted by Gasteiger charge is 2.08. The van der Waals surface area contributed by atoms with Crippen molar-refractivity contribution in [3.8, 4) is 11.3 Å². The molecule has 0 saturated heterocycles. The molecule has 0 radical (unpaired) electrons. The van der Waals surface area contributed by atoms with E-state index in [2.05, 4.69) is 10.2 Å².